The van der Waals surface area contributed by atoms with Gasteiger partial charge in [-0.2, -0.15) is 0 Å². The Bertz CT molecular complexity index is 635. The zero-order valence-electron chi connectivity index (χ0n) is 12.2. The maximum Gasteiger partial charge on any atom is 0.106 e. The fourth-order valence-corrected chi connectivity index (χ4v) is 2.58. The minimum absolute atomic E-state index is 0.437. The minimum atomic E-state index is 0.437. The topological polar surface area (TPSA) is 29.3 Å². The number of para-hydroxylation sites is 1. The monoisotopic (exact) mass is 284 g/mol. The summed E-state index contributed by atoms with van der Waals surface area (Å²) in [6.45, 7) is 7.20. The molecule has 0 aliphatic carbocycles. The standard InChI is InChI=1S/C17H20N2S/c1-4-19(15-8-6-5-7-13(15)3)16-11-12(2)9-10-14(16)17(18)20/h5-11H,4H2,1-3H3,(H2,18,20). The van der Waals surface area contributed by atoms with Gasteiger partial charge in [-0.15, -0.1) is 0 Å². The van der Waals surface area contributed by atoms with Crippen molar-refractivity contribution in [1.29, 1.82) is 0 Å². The molecule has 2 N–H and O–H groups in total. The molecule has 0 radical (unpaired) electrons. The van der Waals surface area contributed by atoms with Gasteiger partial charge in [-0.25, -0.2) is 0 Å². The Morgan fingerprint density at radius 3 is 2.40 bits per heavy atom. The minimum Gasteiger partial charge on any atom is -0.389 e. The summed E-state index contributed by atoms with van der Waals surface area (Å²) in [5, 5.41) is 0. The highest BCUT2D eigenvalue weighted by Crippen LogP contribution is 2.31. The van der Waals surface area contributed by atoms with Crippen molar-refractivity contribution < 1.29 is 0 Å². The molecule has 0 amide bonds. The Morgan fingerprint density at radius 1 is 1.10 bits per heavy atom. The number of thiocarbonyl (C=S) groups is 1. The Kier molecular flexibility index (Phi) is 4.40. The van der Waals surface area contributed by atoms with Gasteiger partial charge in [-0.3, -0.25) is 0 Å². The molecule has 2 nitrogen and oxygen atoms in total. The first-order valence-corrected chi connectivity index (χ1v) is 7.19. The van der Waals surface area contributed by atoms with Crippen LogP contribution in [0.25, 0.3) is 0 Å². The van der Waals surface area contributed by atoms with Crippen LogP contribution in [0, 0.1) is 13.8 Å². The summed E-state index contributed by atoms with van der Waals surface area (Å²) in [5.41, 5.74) is 11.5. The van der Waals surface area contributed by atoms with E-state index in [0.717, 1.165) is 17.8 Å². The van der Waals surface area contributed by atoms with Crippen LogP contribution >= 0.6 is 12.2 Å². The van der Waals surface area contributed by atoms with E-state index in [9.17, 15) is 0 Å². The summed E-state index contributed by atoms with van der Waals surface area (Å²) in [4.78, 5) is 2.70. The second-order valence-corrected chi connectivity index (χ2v) is 5.36. The zero-order chi connectivity index (χ0) is 14.7. The van der Waals surface area contributed by atoms with Crippen molar-refractivity contribution in [3.63, 3.8) is 0 Å². The summed E-state index contributed by atoms with van der Waals surface area (Å²) in [6, 6.07) is 14.6. The van der Waals surface area contributed by atoms with E-state index in [4.69, 9.17) is 18.0 Å². The van der Waals surface area contributed by atoms with Gasteiger partial charge in [0.2, 0.25) is 0 Å². The molecule has 0 saturated heterocycles. The molecule has 0 aromatic heterocycles. The van der Waals surface area contributed by atoms with Gasteiger partial charge in [0, 0.05) is 17.8 Å². The maximum absolute atomic E-state index is 5.88. The van der Waals surface area contributed by atoms with Gasteiger partial charge in [-0.05, 0) is 50.1 Å². The molecule has 0 saturated carbocycles. The molecule has 0 bridgehead atoms. The molecule has 20 heavy (non-hydrogen) atoms. The lowest BCUT2D eigenvalue weighted by Crippen LogP contribution is -2.22. The van der Waals surface area contributed by atoms with Crippen LogP contribution in [0.3, 0.4) is 0 Å². The lowest BCUT2D eigenvalue weighted by atomic mass is 10.1. The van der Waals surface area contributed by atoms with E-state index in [-0.39, 0.29) is 0 Å². The lowest BCUT2D eigenvalue weighted by Gasteiger charge is -2.27. The van der Waals surface area contributed by atoms with E-state index in [1.54, 1.807) is 0 Å². The quantitative estimate of drug-likeness (QED) is 0.857. The van der Waals surface area contributed by atoms with Crippen LogP contribution in [0.4, 0.5) is 11.4 Å². The predicted molar refractivity (Wildman–Crippen MR) is 90.9 cm³/mol. The highest BCUT2D eigenvalue weighted by molar-refractivity contribution is 7.80. The molecule has 0 aliphatic rings. The molecule has 0 heterocycles. The van der Waals surface area contributed by atoms with Gasteiger partial charge in [0.25, 0.3) is 0 Å². The fourth-order valence-electron chi connectivity index (χ4n) is 2.41. The second-order valence-electron chi connectivity index (χ2n) is 4.92. The van der Waals surface area contributed by atoms with Crippen molar-refractivity contribution in [2.75, 3.05) is 11.4 Å². The van der Waals surface area contributed by atoms with Crippen molar-refractivity contribution in [2.24, 2.45) is 5.73 Å². The van der Waals surface area contributed by atoms with Crippen molar-refractivity contribution in [1.82, 2.24) is 0 Å². The summed E-state index contributed by atoms with van der Waals surface area (Å²) in [5.74, 6) is 0. The lowest BCUT2D eigenvalue weighted by molar-refractivity contribution is 1.01. The van der Waals surface area contributed by atoms with Crippen LogP contribution in [-0.4, -0.2) is 11.5 Å². The number of nitrogens with zero attached hydrogens (tertiary/aromatic N) is 1. The molecular weight excluding hydrogens is 264 g/mol. The van der Waals surface area contributed by atoms with Crippen LogP contribution in [0.2, 0.25) is 0 Å². The first kappa shape index (κ1) is 14.5. The van der Waals surface area contributed by atoms with E-state index in [1.165, 1.54) is 16.8 Å². The van der Waals surface area contributed by atoms with E-state index >= 15 is 0 Å². The average molecular weight is 284 g/mol. The van der Waals surface area contributed by atoms with E-state index in [1.807, 2.05) is 12.1 Å². The Balaban J connectivity index is 2.60. The van der Waals surface area contributed by atoms with Gasteiger partial charge < -0.3 is 10.6 Å². The first-order chi connectivity index (χ1) is 9.54. The molecule has 0 fully saturated rings. The average Bonchev–Trinajstić information content (AvgIpc) is 2.41. The summed E-state index contributed by atoms with van der Waals surface area (Å²) >= 11 is 5.19. The normalized spacial score (nSPS) is 10.3. The molecule has 0 spiro atoms. The number of nitrogens with two attached hydrogens (primary N) is 1. The van der Waals surface area contributed by atoms with Gasteiger partial charge in [-0.1, -0.05) is 36.5 Å². The largest absolute Gasteiger partial charge is 0.389 e. The summed E-state index contributed by atoms with van der Waals surface area (Å²) in [7, 11) is 0. The van der Waals surface area contributed by atoms with Crippen LogP contribution in [0.1, 0.15) is 23.6 Å². The zero-order valence-corrected chi connectivity index (χ0v) is 13.0. The van der Waals surface area contributed by atoms with Crippen LogP contribution in [0.15, 0.2) is 42.5 Å². The number of anilines is 2. The van der Waals surface area contributed by atoms with Crippen molar-refractivity contribution in [3.8, 4) is 0 Å². The number of aryl methyl sites for hydroxylation is 2. The molecular formula is C17H20N2S. The predicted octanol–water partition coefficient (Wildman–Crippen LogP) is 4.10. The van der Waals surface area contributed by atoms with Gasteiger partial charge >= 0.3 is 0 Å². The Hall–Kier alpha value is -1.87. The third-order valence-electron chi connectivity index (χ3n) is 3.43. The van der Waals surface area contributed by atoms with E-state index in [2.05, 4.69) is 56.0 Å². The highest BCUT2D eigenvalue weighted by atomic mass is 32.1. The maximum atomic E-state index is 5.88. The molecule has 2 aromatic rings. The summed E-state index contributed by atoms with van der Waals surface area (Å²) < 4.78 is 0. The number of hydrogen-bond acceptors (Lipinski definition) is 2. The number of rotatable bonds is 4. The number of benzene rings is 2. The molecule has 104 valence electrons. The Morgan fingerprint density at radius 2 is 1.80 bits per heavy atom. The molecule has 3 heteroatoms. The van der Waals surface area contributed by atoms with Crippen LogP contribution < -0.4 is 10.6 Å². The molecule has 0 aliphatic heterocycles. The molecule has 2 rings (SSSR count). The van der Waals surface area contributed by atoms with Gasteiger partial charge in [0.05, 0.1) is 5.69 Å². The smallest absolute Gasteiger partial charge is 0.106 e. The van der Waals surface area contributed by atoms with Crippen LogP contribution in [0.5, 0.6) is 0 Å². The SMILES string of the molecule is CCN(c1ccccc1C)c1cc(C)ccc1C(N)=S. The van der Waals surface area contributed by atoms with Gasteiger partial charge in [0.1, 0.15) is 4.99 Å². The highest BCUT2D eigenvalue weighted by Gasteiger charge is 2.15. The third kappa shape index (κ3) is 2.83. The Labute approximate surface area is 126 Å². The molecule has 0 atom stereocenters. The van der Waals surface area contributed by atoms with E-state index < -0.39 is 0 Å². The van der Waals surface area contributed by atoms with Gasteiger partial charge in [0.15, 0.2) is 0 Å². The van der Waals surface area contributed by atoms with Crippen LogP contribution in [-0.2, 0) is 0 Å². The first-order valence-electron chi connectivity index (χ1n) is 6.78. The second kappa shape index (κ2) is 6.06. The molecule has 2 aromatic carbocycles. The third-order valence-corrected chi connectivity index (χ3v) is 3.65. The fraction of sp³-hybridized carbons (Fsp3) is 0.235. The number of hydrogen-bond donors (Lipinski definition) is 1. The summed E-state index contributed by atoms with van der Waals surface area (Å²) in [6.07, 6.45) is 0. The molecule has 0 unspecified atom stereocenters. The van der Waals surface area contributed by atoms with E-state index in [0.29, 0.717) is 4.99 Å². The van der Waals surface area contributed by atoms with Crippen molar-refractivity contribution in [2.45, 2.75) is 20.8 Å². The van der Waals surface area contributed by atoms with Crippen molar-refractivity contribution >= 4 is 28.6 Å². The van der Waals surface area contributed by atoms with Crippen molar-refractivity contribution in [3.05, 3.63) is 59.2 Å².